The molecule has 1 aliphatic heterocycles. The van der Waals surface area contributed by atoms with Crippen molar-refractivity contribution in [3.8, 4) is 6.07 Å². The molecule has 0 spiro atoms. The Bertz CT molecular complexity index is 565. The van der Waals surface area contributed by atoms with Crippen molar-refractivity contribution < 1.29 is 9.72 Å². The van der Waals surface area contributed by atoms with Crippen LogP contribution in [0.2, 0.25) is 0 Å². The second kappa shape index (κ2) is 5.35. The van der Waals surface area contributed by atoms with Crippen LogP contribution in [0.5, 0.6) is 0 Å². The number of piperidine rings is 1. The summed E-state index contributed by atoms with van der Waals surface area (Å²) >= 11 is 0. The van der Waals surface area contributed by atoms with E-state index in [4.69, 9.17) is 5.26 Å². The third kappa shape index (κ3) is 2.80. The first-order valence-electron chi connectivity index (χ1n) is 5.84. The Kier molecular flexibility index (Phi) is 3.61. The molecule has 7 nitrogen and oxygen atoms in total. The summed E-state index contributed by atoms with van der Waals surface area (Å²) in [4.78, 5) is 21.8. The zero-order chi connectivity index (χ0) is 13.8. The summed E-state index contributed by atoms with van der Waals surface area (Å²) in [5.41, 5.74) is 0.208. The molecule has 1 atom stereocenters. The maximum atomic E-state index is 11.6. The number of rotatable bonds is 3. The van der Waals surface area contributed by atoms with Crippen LogP contribution in [-0.4, -0.2) is 23.4 Å². The number of carbonyl (C=O) groups excluding carboxylic acids is 1. The molecule has 1 aromatic rings. The Labute approximate surface area is 109 Å². The molecule has 19 heavy (non-hydrogen) atoms. The van der Waals surface area contributed by atoms with Crippen molar-refractivity contribution in [2.75, 3.05) is 11.9 Å². The second-order valence-electron chi connectivity index (χ2n) is 4.23. The van der Waals surface area contributed by atoms with Gasteiger partial charge >= 0.3 is 0 Å². The van der Waals surface area contributed by atoms with Gasteiger partial charge in [-0.15, -0.1) is 0 Å². The predicted molar refractivity (Wildman–Crippen MR) is 67.5 cm³/mol. The lowest BCUT2D eigenvalue weighted by atomic mass is 10.1. The van der Waals surface area contributed by atoms with Gasteiger partial charge in [0, 0.05) is 18.3 Å². The Balaban J connectivity index is 2.21. The normalized spacial score (nSPS) is 18.3. The summed E-state index contributed by atoms with van der Waals surface area (Å²) in [7, 11) is 0. The lowest BCUT2D eigenvalue weighted by molar-refractivity contribution is -0.385. The first-order chi connectivity index (χ1) is 9.11. The lowest BCUT2D eigenvalue weighted by Crippen LogP contribution is -2.44. The molecule has 1 saturated heterocycles. The Morgan fingerprint density at radius 2 is 2.32 bits per heavy atom. The number of anilines is 1. The highest BCUT2D eigenvalue weighted by atomic mass is 16.6. The third-order valence-corrected chi connectivity index (χ3v) is 2.94. The van der Waals surface area contributed by atoms with Gasteiger partial charge in [-0.25, -0.2) is 0 Å². The van der Waals surface area contributed by atoms with Crippen molar-refractivity contribution in [3.05, 3.63) is 33.9 Å². The van der Waals surface area contributed by atoms with E-state index in [0.717, 1.165) is 6.42 Å². The average Bonchev–Trinajstić information content (AvgIpc) is 2.41. The Morgan fingerprint density at radius 1 is 1.53 bits per heavy atom. The number of nitriles is 1. The van der Waals surface area contributed by atoms with Crippen LogP contribution < -0.4 is 10.6 Å². The summed E-state index contributed by atoms with van der Waals surface area (Å²) in [5, 5.41) is 25.3. The van der Waals surface area contributed by atoms with Crippen molar-refractivity contribution in [1.29, 1.82) is 5.26 Å². The van der Waals surface area contributed by atoms with Gasteiger partial charge < -0.3 is 10.6 Å². The number of hydrogen-bond acceptors (Lipinski definition) is 5. The molecule has 2 N–H and O–H groups in total. The van der Waals surface area contributed by atoms with Gasteiger partial charge in [0.15, 0.2) is 0 Å². The van der Waals surface area contributed by atoms with Crippen molar-refractivity contribution >= 4 is 17.3 Å². The van der Waals surface area contributed by atoms with E-state index in [1.165, 1.54) is 12.1 Å². The van der Waals surface area contributed by atoms with Gasteiger partial charge in [-0.2, -0.15) is 5.26 Å². The smallest absolute Gasteiger partial charge is 0.289 e. The number of nitrogens with zero attached hydrogens (tertiary/aromatic N) is 2. The number of hydrogen-bond donors (Lipinski definition) is 2. The number of nitro groups is 1. The number of carbonyl (C=O) groups is 1. The molecule has 1 aromatic carbocycles. The highest BCUT2D eigenvalue weighted by Gasteiger charge is 2.22. The van der Waals surface area contributed by atoms with Gasteiger partial charge in [0.05, 0.1) is 4.92 Å². The Hall–Kier alpha value is -2.62. The van der Waals surface area contributed by atoms with Crippen LogP contribution in [0.3, 0.4) is 0 Å². The van der Waals surface area contributed by atoms with Crippen LogP contribution in [0.15, 0.2) is 18.2 Å². The van der Waals surface area contributed by atoms with E-state index in [9.17, 15) is 14.9 Å². The molecule has 1 unspecified atom stereocenters. The van der Waals surface area contributed by atoms with Crippen molar-refractivity contribution in [3.63, 3.8) is 0 Å². The molecular formula is C12H12N4O3. The molecule has 98 valence electrons. The number of amides is 1. The van der Waals surface area contributed by atoms with Crippen LogP contribution in [0.4, 0.5) is 11.4 Å². The first-order valence-corrected chi connectivity index (χ1v) is 5.84. The van der Waals surface area contributed by atoms with Gasteiger partial charge in [0.25, 0.3) is 5.69 Å². The molecule has 0 saturated carbocycles. The van der Waals surface area contributed by atoms with Crippen molar-refractivity contribution in [1.82, 2.24) is 5.32 Å². The number of nitro benzene ring substituents is 1. The largest absolute Gasteiger partial charge is 0.373 e. The number of nitrogens with one attached hydrogen (secondary N) is 2. The molecule has 0 bridgehead atoms. The monoisotopic (exact) mass is 260 g/mol. The van der Waals surface area contributed by atoms with Crippen LogP contribution in [0.1, 0.15) is 18.4 Å². The summed E-state index contributed by atoms with van der Waals surface area (Å²) in [5.74, 6) is -0.113. The lowest BCUT2D eigenvalue weighted by Gasteiger charge is -2.23. The summed E-state index contributed by atoms with van der Waals surface area (Å²) in [6.45, 7) is 0.657. The fourth-order valence-electron chi connectivity index (χ4n) is 1.98. The minimum atomic E-state index is -0.606. The average molecular weight is 260 g/mol. The van der Waals surface area contributed by atoms with E-state index in [1.54, 1.807) is 12.1 Å². The van der Waals surface area contributed by atoms with E-state index in [-0.39, 0.29) is 23.2 Å². The van der Waals surface area contributed by atoms with Crippen LogP contribution >= 0.6 is 0 Å². The van der Waals surface area contributed by atoms with E-state index in [2.05, 4.69) is 10.6 Å². The quantitative estimate of drug-likeness (QED) is 0.626. The highest BCUT2D eigenvalue weighted by molar-refractivity contribution is 5.85. The third-order valence-electron chi connectivity index (χ3n) is 2.94. The molecule has 1 heterocycles. The fraction of sp³-hybridized carbons (Fsp3) is 0.333. The van der Waals surface area contributed by atoms with Gasteiger partial charge in [-0.1, -0.05) is 0 Å². The summed E-state index contributed by atoms with van der Waals surface area (Å²) in [6.07, 6.45) is 1.54. The predicted octanol–water partition coefficient (Wildman–Crippen LogP) is 1.16. The zero-order valence-electron chi connectivity index (χ0n) is 10.0. The zero-order valence-corrected chi connectivity index (χ0v) is 10.0. The maximum Gasteiger partial charge on any atom is 0.289 e. The fourth-order valence-corrected chi connectivity index (χ4v) is 1.98. The van der Waals surface area contributed by atoms with Gasteiger partial charge in [0.2, 0.25) is 5.91 Å². The minimum Gasteiger partial charge on any atom is -0.373 e. The van der Waals surface area contributed by atoms with E-state index < -0.39 is 4.92 Å². The number of benzene rings is 1. The van der Waals surface area contributed by atoms with Crippen LogP contribution in [0, 0.1) is 21.4 Å². The van der Waals surface area contributed by atoms with Gasteiger partial charge in [-0.3, -0.25) is 14.9 Å². The van der Waals surface area contributed by atoms with Crippen molar-refractivity contribution in [2.24, 2.45) is 0 Å². The maximum absolute atomic E-state index is 11.6. The SMILES string of the molecule is N#Cc1ccc(NC2CCCNC2=O)cc1[N+](=O)[O-]. The molecular weight excluding hydrogens is 248 g/mol. The standard InChI is InChI=1S/C12H12N4O3/c13-7-8-3-4-9(6-11(8)16(18)19)15-10-2-1-5-14-12(10)17/h3-4,6,10,15H,1-2,5H2,(H,14,17). The molecule has 2 rings (SSSR count). The molecule has 1 fully saturated rings. The van der Waals surface area contributed by atoms with Crippen LogP contribution in [0.25, 0.3) is 0 Å². The summed E-state index contributed by atoms with van der Waals surface area (Å²) in [6, 6.07) is 5.60. The van der Waals surface area contributed by atoms with E-state index in [1.807, 2.05) is 0 Å². The highest BCUT2D eigenvalue weighted by Crippen LogP contribution is 2.23. The Morgan fingerprint density at radius 3 is 2.95 bits per heavy atom. The van der Waals surface area contributed by atoms with Gasteiger partial charge in [-0.05, 0) is 25.0 Å². The molecule has 7 heteroatoms. The summed E-state index contributed by atoms with van der Waals surface area (Å²) < 4.78 is 0. The van der Waals surface area contributed by atoms with Crippen LogP contribution in [-0.2, 0) is 4.79 Å². The topological polar surface area (TPSA) is 108 Å². The molecule has 0 aromatic heterocycles. The molecule has 1 aliphatic rings. The first kappa shape index (κ1) is 12.8. The van der Waals surface area contributed by atoms with Crippen molar-refractivity contribution in [2.45, 2.75) is 18.9 Å². The molecule has 0 aliphatic carbocycles. The minimum absolute atomic E-state index is 0.00338. The van der Waals surface area contributed by atoms with Gasteiger partial charge in [0.1, 0.15) is 17.7 Å². The molecule has 0 radical (unpaired) electrons. The molecule has 1 amide bonds. The second-order valence-corrected chi connectivity index (χ2v) is 4.23. The van der Waals surface area contributed by atoms with E-state index in [0.29, 0.717) is 18.7 Å². The van der Waals surface area contributed by atoms with E-state index >= 15 is 0 Å².